The molecular weight excluding hydrogens is 610 g/mol. The van der Waals surface area contributed by atoms with Gasteiger partial charge in [0.15, 0.2) is 5.76 Å². The van der Waals surface area contributed by atoms with Crippen molar-refractivity contribution in [2.75, 3.05) is 18.1 Å². The van der Waals surface area contributed by atoms with Gasteiger partial charge in [-0.2, -0.15) is 14.0 Å². The van der Waals surface area contributed by atoms with Crippen molar-refractivity contribution in [1.82, 2.24) is 4.98 Å². The van der Waals surface area contributed by atoms with E-state index in [1.165, 1.54) is 44.3 Å². The molecule has 208 valence electrons. The van der Waals surface area contributed by atoms with E-state index in [-0.39, 0.29) is 30.2 Å². The summed E-state index contributed by atoms with van der Waals surface area (Å²) in [5.74, 6) is 0.00195. The summed E-state index contributed by atoms with van der Waals surface area (Å²) in [4.78, 5) is 6.03. The molecule has 4 aromatic rings. The molecule has 1 aromatic heterocycles. The van der Waals surface area contributed by atoms with Crippen LogP contribution in [-0.4, -0.2) is 18.2 Å². The number of oxazole rings is 1. The molecule has 0 amide bonds. The largest absolute Gasteiger partial charge is 0.423 e. The molecule has 7 nitrogen and oxygen atoms in total. The molecule has 0 aliphatic rings. The second-order valence-corrected chi connectivity index (χ2v) is 11.4. The van der Waals surface area contributed by atoms with Crippen LogP contribution < -0.4 is 4.90 Å². The van der Waals surface area contributed by atoms with Crippen LogP contribution in [-0.2, 0) is 25.8 Å². The average molecular weight is 634 g/mol. The van der Waals surface area contributed by atoms with E-state index >= 15 is 8.78 Å². The molecule has 0 spiro atoms. The fourth-order valence-corrected chi connectivity index (χ4v) is 6.29. The summed E-state index contributed by atoms with van der Waals surface area (Å²) in [5.41, 5.74) is -2.16. The highest BCUT2D eigenvalue weighted by atomic mass is 79.9. The fraction of sp³-hybridized carbons (Fsp3) is 0.214. The quantitative estimate of drug-likeness (QED) is 0.153. The normalized spacial score (nSPS) is 11.8. The van der Waals surface area contributed by atoms with E-state index in [2.05, 4.69) is 27.0 Å². The molecule has 4 rings (SSSR count). The lowest BCUT2D eigenvalue weighted by Gasteiger charge is -2.27. The van der Waals surface area contributed by atoms with Crippen LogP contribution in [0.2, 0.25) is 0 Å². The molecule has 0 atom stereocenters. The van der Waals surface area contributed by atoms with Gasteiger partial charge in [-0.15, -0.1) is 0 Å². The van der Waals surface area contributed by atoms with Gasteiger partial charge in [0.2, 0.25) is 0 Å². The predicted octanol–water partition coefficient (Wildman–Crippen LogP) is 8.77. The van der Waals surface area contributed by atoms with E-state index in [9.17, 15) is 8.96 Å². The smallest absolute Gasteiger partial charge is 0.404 e. The number of benzene rings is 3. The molecule has 0 saturated heterocycles. The molecule has 1 heterocycles. The molecule has 0 aliphatic carbocycles. The van der Waals surface area contributed by atoms with Crippen LogP contribution in [0.4, 0.5) is 24.9 Å². The van der Waals surface area contributed by atoms with Crippen molar-refractivity contribution in [1.29, 1.82) is 5.26 Å². The average Bonchev–Trinajstić information content (AvgIpc) is 3.42. The maximum Gasteiger partial charge on any atom is 0.404 e. The number of nitrogens with zero attached hydrogens (tertiary/aromatic N) is 3. The zero-order valence-corrected chi connectivity index (χ0v) is 24.0. The van der Waals surface area contributed by atoms with E-state index in [0.717, 1.165) is 6.07 Å². The van der Waals surface area contributed by atoms with Crippen molar-refractivity contribution in [2.24, 2.45) is 0 Å². The highest BCUT2D eigenvalue weighted by molar-refractivity contribution is 9.10. The number of halogens is 4. The maximum absolute atomic E-state index is 15.4. The van der Waals surface area contributed by atoms with Crippen LogP contribution in [0.5, 0.6) is 0 Å². The van der Waals surface area contributed by atoms with Crippen molar-refractivity contribution in [3.63, 3.8) is 0 Å². The van der Waals surface area contributed by atoms with Crippen LogP contribution in [0.15, 0.2) is 81.8 Å². The van der Waals surface area contributed by atoms with E-state index in [1.807, 2.05) is 0 Å². The van der Waals surface area contributed by atoms with E-state index in [1.54, 1.807) is 41.3 Å². The first-order valence-electron chi connectivity index (χ1n) is 12.2. The number of nitriles is 1. The van der Waals surface area contributed by atoms with Gasteiger partial charge in [-0.25, -0.2) is 9.37 Å². The summed E-state index contributed by atoms with van der Waals surface area (Å²) in [7, 11) is -4.80. The van der Waals surface area contributed by atoms with E-state index in [0.29, 0.717) is 28.1 Å². The lowest BCUT2D eigenvalue weighted by atomic mass is 10.1. The third kappa shape index (κ3) is 6.16. The highest BCUT2D eigenvalue weighted by Gasteiger charge is 2.55. The number of anilines is 2. The molecule has 0 unspecified atom stereocenters. The third-order valence-corrected chi connectivity index (χ3v) is 8.58. The summed E-state index contributed by atoms with van der Waals surface area (Å²) in [6.45, 7) is 2.60. The molecule has 0 radical (unpaired) electrons. The van der Waals surface area contributed by atoms with Crippen molar-refractivity contribution < 1.29 is 31.2 Å². The van der Waals surface area contributed by atoms with E-state index in [4.69, 9.17) is 18.7 Å². The van der Waals surface area contributed by atoms with Gasteiger partial charge in [-0.3, -0.25) is 9.46 Å². The van der Waals surface area contributed by atoms with Crippen LogP contribution in [0.25, 0.3) is 11.3 Å². The molecule has 0 bridgehead atoms. The van der Waals surface area contributed by atoms with Gasteiger partial charge in [-0.1, -0.05) is 28.1 Å². The molecular formula is C28H24BrF3N3O4P. The number of hydrogen-bond donors (Lipinski definition) is 0. The SMILES string of the molecule is CCOP(=O)(OCC)C(F)(F)c1ccc(CN(c2ccc(F)cc2)c2ncc(-c3ccc(C#N)cc3)o2)cc1Br. The monoisotopic (exact) mass is 633 g/mol. The summed E-state index contributed by atoms with van der Waals surface area (Å²) in [5, 5.41) is 9.04. The zero-order chi connectivity index (χ0) is 28.9. The van der Waals surface area contributed by atoms with Crippen molar-refractivity contribution in [3.05, 3.63) is 99.9 Å². The van der Waals surface area contributed by atoms with Crippen LogP contribution in [0.1, 0.15) is 30.5 Å². The Balaban J connectivity index is 1.68. The van der Waals surface area contributed by atoms with Crippen LogP contribution >= 0.6 is 23.5 Å². The molecule has 40 heavy (non-hydrogen) atoms. The first-order chi connectivity index (χ1) is 19.1. The van der Waals surface area contributed by atoms with Crippen LogP contribution in [0.3, 0.4) is 0 Å². The highest BCUT2D eigenvalue weighted by Crippen LogP contribution is 2.67. The summed E-state index contributed by atoms with van der Waals surface area (Å²) in [6, 6.07) is 18.7. The standard InChI is InChI=1S/C28H24BrF3N3O4P/c1-3-37-40(36,38-4-2)28(31,32)24-14-7-20(15-25(24)29)18-35(23-12-10-22(30)11-13-23)27-34-17-26(39-27)21-8-5-19(16-33)6-9-21/h5-15,17H,3-4,18H2,1-2H3. The number of rotatable bonds is 11. The topological polar surface area (TPSA) is 88.6 Å². The summed E-state index contributed by atoms with van der Waals surface area (Å²) < 4.78 is 73.2. The molecule has 12 heteroatoms. The summed E-state index contributed by atoms with van der Waals surface area (Å²) in [6.07, 6.45) is 1.52. The lowest BCUT2D eigenvalue weighted by Crippen LogP contribution is -2.20. The van der Waals surface area contributed by atoms with Gasteiger partial charge in [0.05, 0.1) is 37.6 Å². The second kappa shape index (κ2) is 12.4. The first kappa shape index (κ1) is 29.6. The van der Waals surface area contributed by atoms with Crippen LogP contribution in [0, 0.1) is 17.1 Å². The first-order valence-corrected chi connectivity index (χ1v) is 14.5. The molecule has 0 saturated carbocycles. The maximum atomic E-state index is 15.4. The van der Waals surface area contributed by atoms with Gasteiger partial charge < -0.3 is 13.5 Å². The van der Waals surface area contributed by atoms with Gasteiger partial charge in [0.25, 0.3) is 0 Å². The number of alkyl halides is 2. The second-order valence-electron chi connectivity index (χ2n) is 8.45. The summed E-state index contributed by atoms with van der Waals surface area (Å²) >= 11 is 3.19. The Hall–Kier alpha value is -3.42. The fourth-order valence-electron chi connectivity index (χ4n) is 3.89. The minimum Gasteiger partial charge on any atom is -0.423 e. The molecule has 0 N–H and O–H groups in total. The lowest BCUT2D eigenvalue weighted by molar-refractivity contribution is 0.0354. The zero-order valence-electron chi connectivity index (χ0n) is 21.5. The predicted molar refractivity (Wildman–Crippen MR) is 148 cm³/mol. The Bertz CT molecular complexity index is 1550. The van der Waals surface area contributed by atoms with Gasteiger partial charge in [-0.05, 0) is 74.0 Å². The third-order valence-electron chi connectivity index (χ3n) is 5.80. The van der Waals surface area contributed by atoms with Gasteiger partial charge in [0.1, 0.15) is 5.82 Å². The minimum absolute atomic E-state index is 0.000590. The number of aromatic nitrogens is 1. The Morgan fingerprint density at radius 2 is 1.70 bits per heavy atom. The molecule has 3 aromatic carbocycles. The van der Waals surface area contributed by atoms with Crippen molar-refractivity contribution in [2.45, 2.75) is 26.1 Å². The molecule has 0 aliphatic heterocycles. The Labute approximate surface area is 237 Å². The Morgan fingerprint density at radius 3 is 2.27 bits per heavy atom. The Kier molecular flexibility index (Phi) is 9.16. The van der Waals surface area contributed by atoms with E-state index < -0.39 is 24.6 Å². The number of hydrogen-bond acceptors (Lipinski definition) is 7. The van der Waals surface area contributed by atoms with Gasteiger partial charge in [0, 0.05) is 21.3 Å². The molecule has 0 fully saturated rings. The van der Waals surface area contributed by atoms with Gasteiger partial charge >= 0.3 is 19.3 Å². The van der Waals surface area contributed by atoms with Crippen molar-refractivity contribution in [3.8, 4) is 17.4 Å². The van der Waals surface area contributed by atoms with Crippen molar-refractivity contribution >= 4 is 35.2 Å². The minimum atomic E-state index is -4.80. The Morgan fingerprint density at radius 1 is 1.05 bits per heavy atom.